The van der Waals surface area contributed by atoms with Crippen molar-refractivity contribution in [3.63, 3.8) is 0 Å². The van der Waals surface area contributed by atoms with Crippen molar-refractivity contribution in [3.8, 4) is 0 Å². The summed E-state index contributed by atoms with van der Waals surface area (Å²) in [7, 11) is 0. The molecule has 3 N–H and O–H groups in total. The average Bonchev–Trinajstić information content (AvgIpc) is 2.41. The van der Waals surface area contributed by atoms with E-state index in [4.69, 9.17) is 5.73 Å². The number of hydrogen-bond donors (Lipinski definition) is 2. The zero-order valence-electron chi connectivity index (χ0n) is 10.3. The maximum absolute atomic E-state index is 13.2. The standard InChI is InChI=1S/C15H15BrFNO/c16-12-6-4-10(5-7-12)14(9-18)15(19)11-2-1-3-13(17)8-11/h1-8,14-15,19H,9,18H2. The van der Waals surface area contributed by atoms with Crippen LogP contribution in [0.25, 0.3) is 0 Å². The smallest absolute Gasteiger partial charge is 0.123 e. The Labute approximate surface area is 120 Å². The molecule has 2 rings (SSSR count). The topological polar surface area (TPSA) is 46.2 Å². The van der Waals surface area contributed by atoms with Gasteiger partial charge in [0.15, 0.2) is 0 Å². The molecule has 19 heavy (non-hydrogen) atoms. The third-order valence-electron chi connectivity index (χ3n) is 3.12. The highest BCUT2D eigenvalue weighted by molar-refractivity contribution is 9.10. The molecule has 2 aromatic rings. The fraction of sp³-hybridized carbons (Fsp3) is 0.200. The van der Waals surface area contributed by atoms with Crippen molar-refractivity contribution in [1.82, 2.24) is 0 Å². The predicted molar refractivity (Wildman–Crippen MR) is 77.3 cm³/mol. The SMILES string of the molecule is NCC(c1ccc(Br)cc1)C(O)c1cccc(F)c1. The van der Waals surface area contributed by atoms with Gasteiger partial charge in [-0.2, -0.15) is 0 Å². The van der Waals surface area contributed by atoms with Gasteiger partial charge in [-0.15, -0.1) is 0 Å². The zero-order chi connectivity index (χ0) is 13.8. The lowest BCUT2D eigenvalue weighted by Crippen LogP contribution is -2.20. The summed E-state index contributed by atoms with van der Waals surface area (Å²) in [4.78, 5) is 0. The van der Waals surface area contributed by atoms with E-state index in [1.54, 1.807) is 12.1 Å². The largest absolute Gasteiger partial charge is 0.388 e. The Kier molecular flexibility index (Phi) is 4.69. The van der Waals surface area contributed by atoms with Crippen LogP contribution in [0.5, 0.6) is 0 Å². The molecule has 0 aliphatic rings. The molecule has 4 heteroatoms. The number of aliphatic hydroxyl groups is 1. The number of halogens is 2. The number of hydrogen-bond acceptors (Lipinski definition) is 2. The predicted octanol–water partition coefficient (Wildman–Crippen LogP) is 3.36. The van der Waals surface area contributed by atoms with E-state index in [0.29, 0.717) is 12.1 Å². The summed E-state index contributed by atoms with van der Waals surface area (Å²) in [6.07, 6.45) is -0.818. The van der Waals surface area contributed by atoms with Crippen LogP contribution >= 0.6 is 15.9 Å². The van der Waals surface area contributed by atoms with Gasteiger partial charge >= 0.3 is 0 Å². The molecule has 0 aliphatic carbocycles. The van der Waals surface area contributed by atoms with E-state index in [1.165, 1.54) is 12.1 Å². The first-order chi connectivity index (χ1) is 9.11. The Bertz CT molecular complexity index is 544. The van der Waals surface area contributed by atoms with Crippen molar-refractivity contribution in [2.75, 3.05) is 6.54 Å². The lowest BCUT2D eigenvalue weighted by molar-refractivity contribution is 0.147. The minimum absolute atomic E-state index is 0.255. The molecule has 0 saturated carbocycles. The Morgan fingerprint density at radius 1 is 1.11 bits per heavy atom. The molecule has 0 spiro atoms. The molecule has 2 nitrogen and oxygen atoms in total. The molecule has 0 bridgehead atoms. The molecule has 0 aliphatic heterocycles. The van der Waals surface area contributed by atoms with Gasteiger partial charge in [0.05, 0.1) is 6.10 Å². The van der Waals surface area contributed by atoms with Crippen molar-refractivity contribution in [1.29, 1.82) is 0 Å². The second-order valence-corrected chi connectivity index (χ2v) is 5.31. The first kappa shape index (κ1) is 14.2. The molecule has 2 unspecified atom stereocenters. The van der Waals surface area contributed by atoms with Crippen molar-refractivity contribution in [2.45, 2.75) is 12.0 Å². The number of benzene rings is 2. The van der Waals surface area contributed by atoms with Gasteiger partial charge in [0.1, 0.15) is 5.82 Å². The second-order valence-electron chi connectivity index (χ2n) is 4.39. The first-order valence-corrected chi connectivity index (χ1v) is 6.80. The lowest BCUT2D eigenvalue weighted by atomic mass is 9.89. The van der Waals surface area contributed by atoms with E-state index in [9.17, 15) is 9.50 Å². The quantitative estimate of drug-likeness (QED) is 0.906. The Morgan fingerprint density at radius 2 is 1.79 bits per heavy atom. The monoisotopic (exact) mass is 323 g/mol. The lowest BCUT2D eigenvalue weighted by Gasteiger charge is -2.22. The van der Waals surface area contributed by atoms with Crippen molar-refractivity contribution in [2.24, 2.45) is 5.73 Å². The van der Waals surface area contributed by atoms with E-state index in [2.05, 4.69) is 15.9 Å². The number of aliphatic hydroxyl groups excluding tert-OH is 1. The van der Waals surface area contributed by atoms with Crippen molar-refractivity contribution in [3.05, 3.63) is 69.9 Å². The van der Waals surface area contributed by atoms with Gasteiger partial charge in [-0.05, 0) is 35.4 Å². The Morgan fingerprint density at radius 3 is 2.37 bits per heavy atom. The highest BCUT2D eigenvalue weighted by Gasteiger charge is 2.21. The first-order valence-electron chi connectivity index (χ1n) is 6.01. The molecule has 100 valence electrons. The molecule has 2 aromatic carbocycles. The molecular weight excluding hydrogens is 309 g/mol. The highest BCUT2D eigenvalue weighted by Crippen LogP contribution is 2.31. The number of rotatable bonds is 4. The molecule has 2 atom stereocenters. The van der Waals surface area contributed by atoms with Crippen LogP contribution < -0.4 is 5.73 Å². The fourth-order valence-electron chi connectivity index (χ4n) is 2.08. The van der Waals surface area contributed by atoms with Crippen LogP contribution in [0.3, 0.4) is 0 Å². The summed E-state index contributed by atoms with van der Waals surface area (Å²) in [5.74, 6) is -0.613. The Balaban J connectivity index is 2.28. The van der Waals surface area contributed by atoms with Gasteiger partial charge in [0.2, 0.25) is 0 Å². The molecule has 0 radical (unpaired) electrons. The minimum Gasteiger partial charge on any atom is -0.388 e. The second kappa shape index (κ2) is 6.28. The summed E-state index contributed by atoms with van der Waals surface area (Å²) in [5.41, 5.74) is 7.23. The van der Waals surface area contributed by atoms with E-state index in [1.807, 2.05) is 24.3 Å². The maximum Gasteiger partial charge on any atom is 0.123 e. The zero-order valence-corrected chi connectivity index (χ0v) is 11.8. The van der Waals surface area contributed by atoms with Crippen LogP contribution in [0.4, 0.5) is 4.39 Å². The molecular formula is C15H15BrFNO. The summed E-state index contributed by atoms with van der Waals surface area (Å²) in [5, 5.41) is 10.4. The molecule has 0 fully saturated rings. The number of nitrogens with two attached hydrogens (primary N) is 1. The van der Waals surface area contributed by atoms with Crippen LogP contribution in [0, 0.1) is 5.82 Å². The van der Waals surface area contributed by atoms with Crippen LogP contribution in [0.15, 0.2) is 53.0 Å². The van der Waals surface area contributed by atoms with E-state index >= 15 is 0 Å². The molecule has 0 saturated heterocycles. The van der Waals surface area contributed by atoms with Crippen molar-refractivity contribution >= 4 is 15.9 Å². The van der Waals surface area contributed by atoms with Crippen LogP contribution in [0.1, 0.15) is 23.1 Å². The third kappa shape index (κ3) is 3.41. The van der Waals surface area contributed by atoms with E-state index in [0.717, 1.165) is 10.0 Å². The minimum atomic E-state index is -0.818. The van der Waals surface area contributed by atoms with Gasteiger partial charge in [0, 0.05) is 16.9 Å². The summed E-state index contributed by atoms with van der Waals surface area (Å²) >= 11 is 3.36. The van der Waals surface area contributed by atoms with Crippen molar-refractivity contribution < 1.29 is 9.50 Å². The normalized spacial score (nSPS) is 14.1. The molecule has 0 aromatic heterocycles. The summed E-state index contributed by atoms with van der Waals surface area (Å²) in [6.45, 7) is 0.291. The maximum atomic E-state index is 13.2. The molecule has 0 amide bonds. The van der Waals surface area contributed by atoms with Gasteiger partial charge in [-0.1, -0.05) is 40.2 Å². The average molecular weight is 324 g/mol. The van der Waals surface area contributed by atoms with Gasteiger partial charge in [0.25, 0.3) is 0 Å². The van der Waals surface area contributed by atoms with Crippen LogP contribution in [-0.4, -0.2) is 11.7 Å². The van der Waals surface area contributed by atoms with Gasteiger partial charge < -0.3 is 10.8 Å². The summed E-state index contributed by atoms with van der Waals surface area (Å²) in [6, 6.07) is 13.6. The Hall–Kier alpha value is -1.23. The van der Waals surface area contributed by atoms with Crippen LogP contribution in [-0.2, 0) is 0 Å². The fourth-order valence-corrected chi connectivity index (χ4v) is 2.34. The van der Waals surface area contributed by atoms with Crippen LogP contribution in [0.2, 0.25) is 0 Å². The summed E-state index contributed by atoms with van der Waals surface area (Å²) < 4.78 is 14.2. The highest BCUT2D eigenvalue weighted by atomic mass is 79.9. The molecule has 0 heterocycles. The van der Waals surface area contributed by atoms with E-state index in [-0.39, 0.29) is 11.7 Å². The third-order valence-corrected chi connectivity index (χ3v) is 3.65. The van der Waals surface area contributed by atoms with Gasteiger partial charge in [-0.25, -0.2) is 4.39 Å². The van der Waals surface area contributed by atoms with Gasteiger partial charge in [-0.3, -0.25) is 0 Å². The van der Waals surface area contributed by atoms with E-state index < -0.39 is 6.10 Å².